The summed E-state index contributed by atoms with van der Waals surface area (Å²) in [4.78, 5) is 12.6. The van der Waals surface area contributed by atoms with Crippen molar-refractivity contribution in [3.63, 3.8) is 0 Å². The minimum Gasteiger partial charge on any atom is -0.496 e. The molecule has 8 heteroatoms. The molecule has 0 atom stereocenters. The van der Waals surface area contributed by atoms with Gasteiger partial charge >= 0.3 is 0 Å². The van der Waals surface area contributed by atoms with Crippen LogP contribution in [0.5, 0.6) is 5.75 Å². The van der Waals surface area contributed by atoms with Gasteiger partial charge in [0.25, 0.3) is 5.91 Å². The van der Waals surface area contributed by atoms with Crippen LogP contribution in [0.3, 0.4) is 0 Å². The number of halogens is 1. The molecular weight excluding hydrogens is 358 g/mol. The summed E-state index contributed by atoms with van der Waals surface area (Å²) in [6.45, 7) is 0. The molecule has 4 N–H and O–H groups in total. The number of anilines is 1. The number of benzene rings is 1. The van der Waals surface area contributed by atoms with Crippen LogP contribution >= 0.6 is 27.3 Å². The van der Waals surface area contributed by atoms with E-state index in [4.69, 9.17) is 15.7 Å². The Labute approximate surface area is 133 Å². The zero-order valence-corrected chi connectivity index (χ0v) is 13.4. The van der Waals surface area contributed by atoms with Crippen molar-refractivity contribution in [3.05, 3.63) is 44.6 Å². The van der Waals surface area contributed by atoms with Crippen molar-refractivity contribution in [3.8, 4) is 5.75 Å². The van der Waals surface area contributed by atoms with Crippen molar-refractivity contribution in [1.29, 1.82) is 0 Å². The quantitative estimate of drug-likeness (QED) is 0.334. The maximum Gasteiger partial charge on any atom is 0.265 e. The van der Waals surface area contributed by atoms with Crippen molar-refractivity contribution < 1.29 is 14.7 Å². The van der Waals surface area contributed by atoms with Crippen LogP contribution in [0.2, 0.25) is 0 Å². The van der Waals surface area contributed by atoms with Crippen molar-refractivity contribution in [1.82, 2.24) is 0 Å². The van der Waals surface area contributed by atoms with Crippen molar-refractivity contribution in [2.24, 2.45) is 10.9 Å². The predicted molar refractivity (Wildman–Crippen MR) is 85.5 cm³/mol. The summed E-state index contributed by atoms with van der Waals surface area (Å²) in [5.41, 5.74) is 6.63. The van der Waals surface area contributed by atoms with Gasteiger partial charge < -0.3 is 21.0 Å². The molecule has 110 valence electrons. The fourth-order valence-corrected chi connectivity index (χ4v) is 2.79. The third-order valence-electron chi connectivity index (χ3n) is 2.66. The van der Waals surface area contributed by atoms with Gasteiger partial charge in [-0.2, -0.15) is 0 Å². The van der Waals surface area contributed by atoms with Gasteiger partial charge in [0.1, 0.15) is 5.75 Å². The number of hydrogen-bond acceptors (Lipinski definition) is 5. The predicted octanol–water partition coefficient (Wildman–Crippen LogP) is 2.87. The number of hydrogen-bond donors (Lipinski definition) is 3. The van der Waals surface area contributed by atoms with Crippen LogP contribution < -0.4 is 15.8 Å². The number of amides is 1. The van der Waals surface area contributed by atoms with Crippen LogP contribution in [-0.2, 0) is 0 Å². The number of amidine groups is 1. The van der Waals surface area contributed by atoms with E-state index in [1.165, 1.54) is 11.3 Å². The van der Waals surface area contributed by atoms with E-state index in [0.717, 1.165) is 0 Å². The van der Waals surface area contributed by atoms with E-state index >= 15 is 0 Å². The molecule has 0 saturated heterocycles. The third-order valence-corrected chi connectivity index (χ3v) is 4.22. The molecule has 1 heterocycles. The molecule has 0 aliphatic heterocycles. The number of nitrogens with two attached hydrogens (primary N) is 1. The summed E-state index contributed by atoms with van der Waals surface area (Å²) in [5.74, 6) is 0.406. The molecule has 0 unspecified atom stereocenters. The summed E-state index contributed by atoms with van der Waals surface area (Å²) in [7, 11) is 1.55. The lowest BCUT2D eigenvalue weighted by Gasteiger charge is -2.08. The molecule has 0 saturated carbocycles. The van der Waals surface area contributed by atoms with Gasteiger partial charge in [0.2, 0.25) is 0 Å². The second-order valence-corrected chi connectivity index (χ2v) is 5.75. The summed E-state index contributed by atoms with van der Waals surface area (Å²) < 4.78 is 5.67. The molecule has 21 heavy (non-hydrogen) atoms. The highest BCUT2D eigenvalue weighted by Gasteiger charge is 2.12. The van der Waals surface area contributed by atoms with E-state index in [1.807, 2.05) is 0 Å². The molecule has 1 aromatic heterocycles. The Hall–Kier alpha value is -2.06. The fraction of sp³-hybridized carbons (Fsp3) is 0.0769. The van der Waals surface area contributed by atoms with Crippen molar-refractivity contribution in [2.45, 2.75) is 0 Å². The summed E-state index contributed by atoms with van der Waals surface area (Å²) in [5, 5.41) is 16.1. The lowest BCUT2D eigenvalue weighted by molar-refractivity contribution is 0.103. The topological polar surface area (TPSA) is 96.9 Å². The van der Waals surface area contributed by atoms with Gasteiger partial charge in [0.15, 0.2) is 5.84 Å². The van der Waals surface area contributed by atoms with Gasteiger partial charge in [0, 0.05) is 21.5 Å². The van der Waals surface area contributed by atoms with Crippen LogP contribution in [0, 0.1) is 0 Å². The summed E-state index contributed by atoms with van der Waals surface area (Å²) in [6.07, 6.45) is 0. The van der Waals surface area contributed by atoms with Gasteiger partial charge in [-0.3, -0.25) is 4.79 Å². The molecule has 1 aromatic carbocycles. The molecule has 0 aliphatic carbocycles. The number of rotatable bonds is 4. The average molecular weight is 370 g/mol. The van der Waals surface area contributed by atoms with Crippen LogP contribution in [0.4, 0.5) is 5.69 Å². The molecule has 1 amide bonds. The van der Waals surface area contributed by atoms with E-state index in [9.17, 15) is 4.79 Å². The first kappa shape index (κ1) is 15.3. The number of nitrogens with zero attached hydrogens (tertiary/aromatic N) is 1. The van der Waals surface area contributed by atoms with Crippen LogP contribution in [0.1, 0.15) is 15.2 Å². The normalized spacial score (nSPS) is 11.2. The maximum absolute atomic E-state index is 12.1. The molecule has 0 radical (unpaired) electrons. The molecule has 0 fully saturated rings. The van der Waals surface area contributed by atoms with E-state index in [0.29, 0.717) is 26.4 Å². The zero-order chi connectivity index (χ0) is 15.4. The number of nitrogens with one attached hydrogen (secondary N) is 1. The number of ether oxygens (including phenoxy) is 1. The SMILES string of the molecule is COc1csc(C(=O)Nc2ccc(/C(N)=N/O)cc2Br)c1. The minimum absolute atomic E-state index is 0.00318. The molecule has 6 nitrogen and oxygen atoms in total. The molecule has 0 bridgehead atoms. The number of carbonyl (C=O) groups excluding carboxylic acids is 1. The van der Waals surface area contributed by atoms with E-state index in [2.05, 4.69) is 26.4 Å². The highest BCUT2D eigenvalue weighted by Crippen LogP contribution is 2.26. The van der Waals surface area contributed by atoms with Gasteiger partial charge in [-0.05, 0) is 34.1 Å². The molecule has 2 aromatic rings. The standard InChI is InChI=1S/C13H12BrN3O3S/c1-20-8-5-11(21-6-8)13(18)16-10-3-2-7(4-9(10)14)12(15)17-19/h2-6,19H,1H3,(H2,15,17)(H,16,18). The first-order valence-corrected chi connectivity index (χ1v) is 7.43. The summed E-state index contributed by atoms with van der Waals surface area (Å²) in [6, 6.07) is 6.63. The minimum atomic E-state index is -0.236. The Morgan fingerprint density at radius 3 is 2.81 bits per heavy atom. The number of oxime groups is 1. The lowest BCUT2D eigenvalue weighted by atomic mass is 10.2. The van der Waals surface area contributed by atoms with Gasteiger partial charge in [-0.15, -0.1) is 11.3 Å². The van der Waals surface area contributed by atoms with Crippen LogP contribution in [0.15, 0.2) is 39.3 Å². The number of methoxy groups -OCH3 is 1. The van der Waals surface area contributed by atoms with Crippen LogP contribution in [-0.4, -0.2) is 24.1 Å². The highest BCUT2D eigenvalue weighted by molar-refractivity contribution is 9.10. The Bertz CT molecular complexity index is 700. The second kappa shape index (κ2) is 6.59. The summed E-state index contributed by atoms with van der Waals surface area (Å²) >= 11 is 4.63. The first-order valence-electron chi connectivity index (χ1n) is 5.76. The Balaban J connectivity index is 2.18. The Morgan fingerprint density at radius 1 is 1.48 bits per heavy atom. The molecule has 2 rings (SSSR count). The van der Waals surface area contributed by atoms with Gasteiger partial charge in [-0.25, -0.2) is 0 Å². The monoisotopic (exact) mass is 369 g/mol. The van der Waals surface area contributed by atoms with Gasteiger partial charge in [-0.1, -0.05) is 5.16 Å². The maximum atomic E-state index is 12.1. The largest absolute Gasteiger partial charge is 0.496 e. The number of carbonyl (C=O) groups is 1. The smallest absolute Gasteiger partial charge is 0.265 e. The average Bonchev–Trinajstić information content (AvgIpc) is 2.97. The Kier molecular flexibility index (Phi) is 4.81. The number of thiophene rings is 1. The van der Waals surface area contributed by atoms with E-state index in [1.54, 1.807) is 36.8 Å². The lowest BCUT2D eigenvalue weighted by Crippen LogP contribution is -2.14. The molecular formula is C13H12BrN3O3S. The zero-order valence-electron chi connectivity index (χ0n) is 11.0. The Morgan fingerprint density at radius 2 is 2.24 bits per heavy atom. The molecule has 0 aliphatic rings. The highest BCUT2D eigenvalue weighted by atomic mass is 79.9. The van der Waals surface area contributed by atoms with Crippen molar-refractivity contribution in [2.75, 3.05) is 12.4 Å². The van der Waals surface area contributed by atoms with E-state index in [-0.39, 0.29) is 11.7 Å². The third kappa shape index (κ3) is 3.53. The second-order valence-electron chi connectivity index (χ2n) is 3.98. The van der Waals surface area contributed by atoms with Crippen molar-refractivity contribution >= 4 is 44.7 Å². The van der Waals surface area contributed by atoms with Crippen LogP contribution in [0.25, 0.3) is 0 Å². The fourth-order valence-electron chi connectivity index (χ4n) is 1.56. The first-order chi connectivity index (χ1) is 10.0. The molecule has 0 spiro atoms. The van der Waals surface area contributed by atoms with E-state index < -0.39 is 0 Å². The van der Waals surface area contributed by atoms with Gasteiger partial charge in [0.05, 0.1) is 17.7 Å².